The highest BCUT2D eigenvalue weighted by Gasteiger charge is 2.06. The van der Waals surface area contributed by atoms with Gasteiger partial charge in [0.05, 0.1) is 17.9 Å². The molecule has 1 aromatic heterocycles. The summed E-state index contributed by atoms with van der Waals surface area (Å²) in [5, 5.41) is 10.2. The largest absolute Gasteiger partial charge is 0.373 e. The van der Waals surface area contributed by atoms with Gasteiger partial charge in [-0.1, -0.05) is 13.8 Å². The number of carbonyl (C=O) groups is 1. The second-order valence-corrected chi connectivity index (χ2v) is 3.72. The topological polar surface area (TPSA) is 59.0 Å². The summed E-state index contributed by atoms with van der Waals surface area (Å²) in [6, 6.07) is 0. The Balaban J connectivity index is 2.44. The highest BCUT2D eigenvalue weighted by molar-refractivity contribution is 5.80. The molecule has 5 nitrogen and oxygen atoms in total. The van der Waals surface area contributed by atoms with E-state index in [1.807, 2.05) is 27.1 Å². The molecule has 0 atom stereocenters. The lowest BCUT2D eigenvalue weighted by atomic mass is 10.3. The van der Waals surface area contributed by atoms with Crippen molar-refractivity contribution in [1.82, 2.24) is 15.1 Å². The number of aromatic nitrogens is 2. The van der Waals surface area contributed by atoms with Gasteiger partial charge in [-0.25, -0.2) is 0 Å². The van der Waals surface area contributed by atoms with Crippen molar-refractivity contribution in [2.24, 2.45) is 7.05 Å². The first kappa shape index (κ1) is 12.5. The van der Waals surface area contributed by atoms with Crippen LogP contribution >= 0.6 is 0 Å². The highest BCUT2D eigenvalue weighted by atomic mass is 16.1. The molecule has 0 aliphatic heterocycles. The molecule has 0 radical (unpaired) electrons. The van der Waals surface area contributed by atoms with Crippen LogP contribution in [0.3, 0.4) is 0 Å². The van der Waals surface area contributed by atoms with Crippen LogP contribution in [-0.2, 0) is 18.3 Å². The van der Waals surface area contributed by atoms with Crippen molar-refractivity contribution >= 4 is 11.6 Å². The fourth-order valence-corrected chi connectivity index (χ4v) is 1.45. The van der Waals surface area contributed by atoms with E-state index in [1.165, 1.54) is 0 Å². The fraction of sp³-hybridized carbons (Fsp3) is 0.636. The van der Waals surface area contributed by atoms with E-state index in [-0.39, 0.29) is 5.91 Å². The van der Waals surface area contributed by atoms with E-state index < -0.39 is 0 Å². The molecule has 90 valence electrons. The summed E-state index contributed by atoms with van der Waals surface area (Å²) < 4.78 is 1.76. The molecule has 2 N–H and O–H groups in total. The smallest absolute Gasteiger partial charge is 0.239 e. The Morgan fingerprint density at radius 2 is 2.25 bits per heavy atom. The minimum absolute atomic E-state index is 0.0211. The Labute approximate surface area is 96.2 Å². The first-order chi connectivity index (χ1) is 7.67. The number of hydrogen-bond acceptors (Lipinski definition) is 3. The predicted octanol–water partition coefficient (Wildman–Crippen LogP) is 0.921. The van der Waals surface area contributed by atoms with Gasteiger partial charge in [-0.2, -0.15) is 5.10 Å². The van der Waals surface area contributed by atoms with Crippen molar-refractivity contribution in [2.45, 2.75) is 26.7 Å². The number of nitrogens with zero attached hydrogens (tertiary/aromatic N) is 2. The molecule has 1 aromatic rings. The van der Waals surface area contributed by atoms with Crippen LogP contribution in [0.15, 0.2) is 6.20 Å². The van der Waals surface area contributed by atoms with E-state index in [0.717, 1.165) is 30.8 Å². The van der Waals surface area contributed by atoms with Crippen molar-refractivity contribution in [2.75, 3.05) is 18.4 Å². The molecule has 1 rings (SSSR count). The van der Waals surface area contributed by atoms with E-state index in [2.05, 4.69) is 15.7 Å². The number of rotatable bonds is 6. The molecule has 0 spiro atoms. The van der Waals surface area contributed by atoms with Crippen LogP contribution in [0.1, 0.15) is 26.0 Å². The maximum atomic E-state index is 11.4. The maximum absolute atomic E-state index is 11.4. The number of carbonyl (C=O) groups excluding carboxylic acids is 1. The van der Waals surface area contributed by atoms with Crippen molar-refractivity contribution in [3.8, 4) is 0 Å². The van der Waals surface area contributed by atoms with Gasteiger partial charge in [0.1, 0.15) is 0 Å². The molecular weight excluding hydrogens is 204 g/mol. The van der Waals surface area contributed by atoms with E-state index in [9.17, 15) is 4.79 Å². The van der Waals surface area contributed by atoms with Crippen LogP contribution in [0.5, 0.6) is 0 Å². The molecule has 1 amide bonds. The van der Waals surface area contributed by atoms with E-state index >= 15 is 0 Å². The zero-order chi connectivity index (χ0) is 12.0. The lowest BCUT2D eigenvalue weighted by Crippen LogP contribution is -2.30. The molecular formula is C11H20N4O. The van der Waals surface area contributed by atoms with Gasteiger partial charge < -0.3 is 10.6 Å². The number of hydrogen-bond donors (Lipinski definition) is 2. The molecule has 0 unspecified atom stereocenters. The summed E-state index contributed by atoms with van der Waals surface area (Å²) in [6.07, 6.45) is 3.71. The summed E-state index contributed by atoms with van der Waals surface area (Å²) in [5.41, 5.74) is 1.93. The highest BCUT2D eigenvalue weighted by Crippen LogP contribution is 2.12. The Bertz CT molecular complexity index is 346. The van der Waals surface area contributed by atoms with Gasteiger partial charge in [-0.3, -0.25) is 9.48 Å². The summed E-state index contributed by atoms with van der Waals surface area (Å²) in [5.74, 6) is 0.0211. The van der Waals surface area contributed by atoms with Gasteiger partial charge in [0.25, 0.3) is 0 Å². The van der Waals surface area contributed by atoms with Gasteiger partial charge in [0, 0.05) is 19.8 Å². The number of anilines is 1. The average molecular weight is 224 g/mol. The van der Waals surface area contributed by atoms with Crippen LogP contribution < -0.4 is 10.6 Å². The first-order valence-corrected chi connectivity index (χ1v) is 5.70. The number of aryl methyl sites for hydroxylation is 2. The van der Waals surface area contributed by atoms with Gasteiger partial charge in [-0.15, -0.1) is 0 Å². The van der Waals surface area contributed by atoms with Crippen molar-refractivity contribution in [3.05, 3.63) is 11.9 Å². The minimum Gasteiger partial charge on any atom is -0.373 e. The number of amides is 1. The third-order valence-electron chi connectivity index (χ3n) is 2.25. The average Bonchev–Trinajstić information content (AvgIpc) is 2.64. The van der Waals surface area contributed by atoms with Gasteiger partial charge in [-0.05, 0) is 12.8 Å². The molecule has 1 heterocycles. The number of nitrogens with one attached hydrogen (secondary N) is 2. The van der Waals surface area contributed by atoms with Crippen LogP contribution in [0.25, 0.3) is 0 Å². The predicted molar refractivity (Wildman–Crippen MR) is 64.4 cm³/mol. The van der Waals surface area contributed by atoms with Crippen LogP contribution in [0.2, 0.25) is 0 Å². The SMILES string of the molecule is CCCNC(=O)CNc1cn(C)nc1CC. The summed E-state index contributed by atoms with van der Waals surface area (Å²) in [7, 11) is 1.88. The van der Waals surface area contributed by atoms with Gasteiger partial charge >= 0.3 is 0 Å². The monoisotopic (exact) mass is 224 g/mol. The Morgan fingerprint density at radius 1 is 1.50 bits per heavy atom. The van der Waals surface area contributed by atoms with Crippen molar-refractivity contribution < 1.29 is 4.79 Å². The third kappa shape index (κ3) is 3.56. The first-order valence-electron chi connectivity index (χ1n) is 5.70. The Kier molecular flexibility index (Phi) is 4.82. The Morgan fingerprint density at radius 3 is 2.88 bits per heavy atom. The van der Waals surface area contributed by atoms with Gasteiger partial charge in [0.15, 0.2) is 0 Å². The second-order valence-electron chi connectivity index (χ2n) is 3.72. The van der Waals surface area contributed by atoms with E-state index in [4.69, 9.17) is 0 Å². The summed E-state index contributed by atoms with van der Waals surface area (Å²) in [6.45, 7) is 5.11. The van der Waals surface area contributed by atoms with Crippen molar-refractivity contribution in [3.63, 3.8) is 0 Å². The van der Waals surface area contributed by atoms with Crippen molar-refractivity contribution in [1.29, 1.82) is 0 Å². The zero-order valence-electron chi connectivity index (χ0n) is 10.2. The molecule has 5 heteroatoms. The molecule has 0 fully saturated rings. The Hall–Kier alpha value is -1.52. The molecule has 16 heavy (non-hydrogen) atoms. The molecule has 0 bridgehead atoms. The lowest BCUT2D eigenvalue weighted by molar-refractivity contribution is -0.119. The second kappa shape index (κ2) is 6.15. The van der Waals surface area contributed by atoms with Crippen LogP contribution in [0, 0.1) is 0 Å². The minimum atomic E-state index is 0.0211. The molecule has 0 saturated carbocycles. The molecule has 0 saturated heterocycles. The zero-order valence-corrected chi connectivity index (χ0v) is 10.2. The molecule has 0 aromatic carbocycles. The van der Waals surface area contributed by atoms with E-state index in [1.54, 1.807) is 4.68 Å². The van der Waals surface area contributed by atoms with Gasteiger partial charge in [0.2, 0.25) is 5.91 Å². The molecule has 0 aliphatic carbocycles. The van der Waals surface area contributed by atoms with Crippen LogP contribution in [0.4, 0.5) is 5.69 Å². The quantitative estimate of drug-likeness (QED) is 0.755. The summed E-state index contributed by atoms with van der Waals surface area (Å²) >= 11 is 0. The summed E-state index contributed by atoms with van der Waals surface area (Å²) in [4.78, 5) is 11.4. The maximum Gasteiger partial charge on any atom is 0.239 e. The van der Waals surface area contributed by atoms with E-state index in [0.29, 0.717) is 6.54 Å². The lowest BCUT2D eigenvalue weighted by Gasteiger charge is -2.05. The standard InChI is InChI=1S/C11H20N4O/c1-4-6-12-11(16)7-13-10-8-15(3)14-9(10)5-2/h8,13H,4-7H2,1-3H3,(H,12,16). The molecule has 0 aliphatic rings. The fourth-order valence-electron chi connectivity index (χ4n) is 1.45. The van der Waals surface area contributed by atoms with Crippen LogP contribution in [-0.4, -0.2) is 28.8 Å². The normalized spacial score (nSPS) is 10.2. The third-order valence-corrected chi connectivity index (χ3v) is 2.25.